The number of ether oxygens (including phenoxy) is 1. The van der Waals surface area contributed by atoms with Crippen molar-refractivity contribution in [3.8, 4) is 11.5 Å². The summed E-state index contributed by atoms with van der Waals surface area (Å²) >= 11 is 7.97. The second kappa shape index (κ2) is 6.21. The molecule has 0 aromatic heterocycles. The van der Waals surface area contributed by atoms with Crippen LogP contribution >= 0.6 is 34.2 Å². The van der Waals surface area contributed by atoms with Gasteiger partial charge in [-0.15, -0.1) is 11.6 Å². The maximum absolute atomic E-state index is 10.7. The van der Waals surface area contributed by atoms with Crippen molar-refractivity contribution in [3.05, 3.63) is 61.7 Å². The molecule has 0 spiro atoms. The molecule has 0 saturated carbocycles. The van der Waals surface area contributed by atoms with Gasteiger partial charge in [-0.1, -0.05) is 12.1 Å². The largest absolute Gasteiger partial charge is 0.456 e. The molecule has 0 N–H and O–H groups in total. The van der Waals surface area contributed by atoms with Gasteiger partial charge in [0.2, 0.25) is 0 Å². The van der Waals surface area contributed by atoms with Gasteiger partial charge in [0.05, 0.1) is 14.4 Å². The SMILES string of the molecule is O=[N+]([O-])c1ccc(Oc2ccccc2I)c(CCl)c1. The zero-order valence-corrected chi connectivity index (χ0v) is 12.6. The Balaban J connectivity index is 2.35. The van der Waals surface area contributed by atoms with Gasteiger partial charge in [0, 0.05) is 17.7 Å². The van der Waals surface area contributed by atoms with Gasteiger partial charge in [-0.25, -0.2) is 0 Å². The molecule has 19 heavy (non-hydrogen) atoms. The fourth-order valence-electron chi connectivity index (χ4n) is 1.53. The molecule has 0 amide bonds. The highest BCUT2D eigenvalue weighted by Crippen LogP contribution is 2.31. The predicted octanol–water partition coefficient (Wildman–Crippen LogP) is 4.73. The molecule has 0 saturated heterocycles. The minimum atomic E-state index is -0.452. The lowest BCUT2D eigenvalue weighted by Gasteiger charge is -2.10. The van der Waals surface area contributed by atoms with Crippen molar-refractivity contribution in [2.75, 3.05) is 0 Å². The van der Waals surface area contributed by atoms with Crippen molar-refractivity contribution in [1.29, 1.82) is 0 Å². The highest BCUT2D eigenvalue weighted by Gasteiger charge is 2.12. The molecule has 0 bridgehead atoms. The molecule has 4 nitrogen and oxygen atoms in total. The number of halogens is 2. The first-order valence-electron chi connectivity index (χ1n) is 5.37. The number of benzene rings is 2. The van der Waals surface area contributed by atoms with Crippen molar-refractivity contribution in [3.63, 3.8) is 0 Å². The molecule has 2 rings (SSSR count). The summed E-state index contributed by atoms with van der Waals surface area (Å²) in [4.78, 5) is 10.3. The second-order valence-electron chi connectivity index (χ2n) is 3.72. The van der Waals surface area contributed by atoms with Gasteiger partial charge in [0.1, 0.15) is 11.5 Å². The Hall–Kier alpha value is -1.34. The van der Waals surface area contributed by atoms with E-state index in [1.165, 1.54) is 12.1 Å². The summed E-state index contributed by atoms with van der Waals surface area (Å²) in [5, 5.41) is 10.7. The lowest BCUT2D eigenvalue weighted by molar-refractivity contribution is -0.384. The van der Waals surface area contributed by atoms with E-state index in [1.807, 2.05) is 24.3 Å². The van der Waals surface area contributed by atoms with E-state index in [0.29, 0.717) is 17.1 Å². The monoisotopic (exact) mass is 389 g/mol. The van der Waals surface area contributed by atoms with Crippen LogP contribution in [0.15, 0.2) is 42.5 Å². The van der Waals surface area contributed by atoms with Gasteiger partial charge >= 0.3 is 0 Å². The molecule has 2 aromatic rings. The molecule has 0 aliphatic carbocycles. The molecular weight excluding hydrogens is 381 g/mol. The summed E-state index contributed by atoms with van der Waals surface area (Å²) in [5.74, 6) is 1.38. The standard InChI is InChI=1S/C13H9ClINO3/c14-8-9-7-10(16(17)18)5-6-12(9)19-13-4-2-1-3-11(13)15/h1-7H,8H2. The third-order valence-corrected chi connectivity index (χ3v) is 3.63. The summed E-state index contributed by atoms with van der Waals surface area (Å²) in [5.41, 5.74) is 0.598. The third-order valence-electron chi connectivity index (χ3n) is 2.46. The summed E-state index contributed by atoms with van der Waals surface area (Å²) in [6.45, 7) is 0. The average Bonchev–Trinajstić information content (AvgIpc) is 2.41. The first kappa shape index (κ1) is 14.1. The molecule has 0 fully saturated rings. The number of hydrogen-bond acceptors (Lipinski definition) is 3. The van der Waals surface area contributed by atoms with Gasteiger partial charge < -0.3 is 4.74 Å². The van der Waals surface area contributed by atoms with E-state index >= 15 is 0 Å². The van der Waals surface area contributed by atoms with Crippen LogP contribution in [0.2, 0.25) is 0 Å². The molecule has 0 radical (unpaired) electrons. The van der Waals surface area contributed by atoms with Crippen LogP contribution in [0, 0.1) is 13.7 Å². The molecular formula is C13H9ClINO3. The van der Waals surface area contributed by atoms with Crippen molar-refractivity contribution >= 4 is 39.9 Å². The number of alkyl halides is 1. The third kappa shape index (κ3) is 3.36. The fraction of sp³-hybridized carbons (Fsp3) is 0.0769. The molecule has 0 atom stereocenters. The molecule has 2 aromatic carbocycles. The van der Waals surface area contributed by atoms with E-state index < -0.39 is 4.92 Å². The van der Waals surface area contributed by atoms with Crippen molar-refractivity contribution < 1.29 is 9.66 Å². The van der Waals surface area contributed by atoms with E-state index in [1.54, 1.807) is 6.07 Å². The Morgan fingerprint density at radius 1 is 1.21 bits per heavy atom. The van der Waals surface area contributed by atoms with Gasteiger partial charge in [-0.3, -0.25) is 10.1 Å². The Morgan fingerprint density at radius 2 is 1.95 bits per heavy atom. The first-order valence-corrected chi connectivity index (χ1v) is 6.99. The highest BCUT2D eigenvalue weighted by molar-refractivity contribution is 14.1. The Morgan fingerprint density at radius 3 is 2.58 bits per heavy atom. The number of hydrogen-bond donors (Lipinski definition) is 0. The van der Waals surface area contributed by atoms with Crippen LogP contribution in [-0.2, 0) is 5.88 Å². The Kier molecular flexibility index (Phi) is 4.60. The van der Waals surface area contributed by atoms with Crippen LogP contribution in [0.3, 0.4) is 0 Å². The van der Waals surface area contributed by atoms with E-state index in [0.717, 1.165) is 3.57 Å². The number of nitro benzene ring substituents is 1. The van der Waals surface area contributed by atoms with E-state index in [-0.39, 0.29) is 11.6 Å². The predicted molar refractivity (Wildman–Crippen MR) is 81.9 cm³/mol. The molecule has 0 aliphatic heterocycles. The maximum Gasteiger partial charge on any atom is 0.270 e. The zero-order chi connectivity index (χ0) is 13.8. The first-order chi connectivity index (χ1) is 9.11. The smallest absolute Gasteiger partial charge is 0.270 e. The van der Waals surface area contributed by atoms with E-state index in [9.17, 15) is 10.1 Å². The van der Waals surface area contributed by atoms with Crippen LogP contribution in [-0.4, -0.2) is 4.92 Å². The molecule has 0 heterocycles. The van der Waals surface area contributed by atoms with Gasteiger partial charge in [0.25, 0.3) is 5.69 Å². The van der Waals surface area contributed by atoms with Crippen molar-refractivity contribution in [1.82, 2.24) is 0 Å². The van der Waals surface area contributed by atoms with Crippen LogP contribution < -0.4 is 4.74 Å². The Labute approximate surface area is 128 Å². The van der Waals surface area contributed by atoms with Crippen molar-refractivity contribution in [2.24, 2.45) is 0 Å². The quantitative estimate of drug-likeness (QED) is 0.329. The topological polar surface area (TPSA) is 52.4 Å². The van der Waals surface area contributed by atoms with Crippen LogP contribution in [0.1, 0.15) is 5.56 Å². The normalized spacial score (nSPS) is 10.2. The molecule has 98 valence electrons. The van der Waals surface area contributed by atoms with Crippen LogP contribution in [0.25, 0.3) is 0 Å². The van der Waals surface area contributed by atoms with Gasteiger partial charge in [0.15, 0.2) is 0 Å². The minimum absolute atomic E-state index is 0.00533. The number of nitro groups is 1. The van der Waals surface area contributed by atoms with Gasteiger partial charge in [-0.05, 0) is 40.8 Å². The maximum atomic E-state index is 10.7. The number of rotatable bonds is 4. The minimum Gasteiger partial charge on any atom is -0.456 e. The zero-order valence-electron chi connectivity index (χ0n) is 9.68. The fourth-order valence-corrected chi connectivity index (χ4v) is 2.24. The van der Waals surface area contributed by atoms with E-state index in [2.05, 4.69) is 22.6 Å². The van der Waals surface area contributed by atoms with Crippen LogP contribution in [0.5, 0.6) is 11.5 Å². The molecule has 0 unspecified atom stereocenters. The molecule has 6 heteroatoms. The second-order valence-corrected chi connectivity index (χ2v) is 5.14. The summed E-state index contributed by atoms with van der Waals surface area (Å²) in [6, 6.07) is 11.9. The number of nitrogens with zero attached hydrogens (tertiary/aromatic N) is 1. The highest BCUT2D eigenvalue weighted by atomic mass is 127. The summed E-state index contributed by atoms with van der Waals surface area (Å²) in [7, 11) is 0. The number of non-ortho nitro benzene ring substituents is 1. The van der Waals surface area contributed by atoms with E-state index in [4.69, 9.17) is 16.3 Å². The van der Waals surface area contributed by atoms with Crippen molar-refractivity contribution in [2.45, 2.75) is 5.88 Å². The lowest BCUT2D eigenvalue weighted by atomic mass is 10.2. The molecule has 0 aliphatic rings. The number of para-hydroxylation sites is 1. The van der Waals surface area contributed by atoms with Crippen LogP contribution in [0.4, 0.5) is 5.69 Å². The average molecular weight is 390 g/mol. The lowest BCUT2D eigenvalue weighted by Crippen LogP contribution is -1.94. The van der Waals surface area contributed by atoms with Gasteiger partial charge in [-0.2, -0.15) is 0 Å². The summed E-state index contributed by atoms with van der Waals surface area (Å²) in [6.07, 6.45) is 0. The summed E-state index contributed by atoms with van der Waals surface area (Å²) < 4.78 is 6.71. The Bertz CT molecular complexity index is 619.